The van der Waals surface area contributed by atoms with Gasteiger partial charge in [0.25, 0.3) is 0 Å². The van der Waals surface area contributed by atoms with E-state index in [4.69, 9.17) is 0 Å². The molecule has 4 nitrogen and oxygen atoms in total. The summed E-state index contributed by atoms with van der Waals surface area (Å²) in [6.07, 6.45) is 3.62. The molecule has 112 valence electrons. The molecule has 4 heteroatoms. The first-order valence-corrected chi connectivity index (χ1v) is 7.70. The van der Waals surface area contributed by atoms with Crippen molar-refractivity contribution in [3.63, 3.8) is 0 Å². The quantitative estimate of drug-likeness (QED) is 0.910. The van der Waals surface area contributed by atoms with Crippen LogP contribution in [-0.2, 0) is 16.0 Å². The maximum absolute atomic E-state index is 12.9. The first-order chi connectivity index (χ1) is 10.1. The van der Waals surface area contributed by atoms with Crippen molar-refractivity contribution in [3.05, 3.63) is 29.8 Å². The second-order valence-electron chi connectivity index (χ2n) is 6.33. The molecule has 3 unspecified atom stereocenters. The Hall–Kier alpha value is -1.84. The van der Waals surface area contributed by atoms with Gasteiger partial charge in [0.15, 0.2) is 0 Å². The summed E-state index contributed by atoms with van der Waals surface area (Å²) in [5.41, 5.74) is 1.87. The largest absolute Gasteiger partial charge is 0.481 e. The summed E-state index contributed by atoms with van der Waals surface area (Å²) in [7, 11) is 0. The molecule has 1 amide bonds. The molecule has 1 aromatic carbocycles. The van der Waals surface area contributed by atoms with Gasteiger partial charge in [-0.15, -0.1) is 0 Å². The Morgan fingerprint density at radius 3 is 2.67 bits per heavy atom. The third kappa shape index (κ3) is 2.55. The standard InChI is InChI=1S/C17H21NO3/c1-11-5-4-7-14(11)16(19)18-10-13(17(20)21)9-12-6-2-3-8-15(12)18/h2-3,6,8,11,13-14H,4-5,7,9-10H2,1H3,(H,20,21). The molecule has 0 radical (unpaired) electrons. The van der Waals surface area contributed by atoms with Crippen LogP contribution < -0.4 is 4.90 Å². The molecular weight excluding hydrogens is 266 g/mol. The van der Waals surface area contributed by atoms with Gasteiger partial charge < -0.3 is 10.0 Å². The molecule has 0 spiro atoms. The van der Waals surface area contributed by atoms with E-state index in [-0.39, 0.29) is 11.8 Å². The van der Waals surface area contributed by atoms with Crippen molar-refractivity contribution in [1.82, 2.24) is 0 Å². The average molecular weight is 287 g/mol. The molecule has 1 aliphatic carbocycles. The normalized spacial score (nSPS) is 28.2. The van der Waals surface area contributed by atoms with Crippen LogP contribution in [0.25, 0.3) is 0 Å². The minimum Gasteiger partial charge on any atom is -0.481 e. The van der Waals surface area contributed by atoms with Crippen molar-refractivity contribution in [3.8, 4) is 0 Å². The summed E-state index contributed by atoms with van der Waals surface area (Å²) in [5.74, 6) is -0.763. The lowest BCUT2D eigenvalue weighted by molar-refractivity contribution is -0.141. The number of carbonyl (C=O) groups excluding carboxylic acids is 1. The Morgan fingerprint density at radius 1 is 1.24 bits per heavy atom. The van der Waals surface area contributed by atoms with Crippen LogP contribution in [0.15, 0.2) is 24.3 Å². The molecule has 0 bridgehead atoms. The van der Waals surface area contributed by atoms with Gasteiger partial charge in [-0.3, -0.25) is 9.59 Å². The fourth-order valence-electron chi connectivity index (χ4n) is 3.68. The average Bonchev–Trinajstić information content (AvgIpc) is 2.91. The number of benzene rings is 1. The van der Waals surface area contributed by atoms with Crippen molar-refractivity contribution < 1.29 is 14.7 Å². The Bertz CT molecular complexity index is 569. The molecule has 0 saturated heterocycles. The van der Waals surface area contributed by atoms with Crippen molar-refractivity contribution >= 4 is 17.6 Å². The lowest BCUT2D eigenvalue weighted by atomic mass is 9.89. The third-order valence-corrected chi connectivity index (χ3v) is 4.95. The van der Waals surface area contributed by atoms with E-state index in [0.29, 0.717) is 18.9 Å². The number of para-hydroxylation sites is 1. The van der Waals surface area contributed by atoms with Crippen molar-refractivity contribution in [2.45, 2.75) is 32.6 Å². The van der Waals surface area contributed by atoms with Gasteiger partial charge in [-0.2, -0.15) is 0 Å². The zero-order valence-corrected chi connectivity index (χ0v) is 12.3. The molecule has 3 rings (SSSR count). The summed E-state index contributed by atoms with van der Waals surface area (Å²) in [6, 6.07) is 7.69. The number of fused-ring (bicyclic) bond motifs is 1. The van der Waals surface area contributed by atoms with E-state index in [2.05, 4.69) is 6.92 Å². The van der Waals surface area contributed by atoms with Crippen molar-refractivity contribution in [2.75, 3.05) is 11.4 Å². The minimum atomic E-state index is -0.818. The second-order valence-corrected chi connectivity index (χ2v) is 6.33. The number of carboxylic acids is 1. The van der Waals surface area contributed by atoms with Gasteiger partial charge in [-0.25, -0.2) is 0 Å². The van der Waals surface area contributed by atoms with Crippen LogP contribution in [0.4, 0.5) is 5.69 Å². The summed E-state index contributed by atoms with van der Waals surface area (Å²) in [5, 5.41) is 9.34. The van der Waals surface area contributed by atoms with Gasteiger partial charge in [0, 0.05) is 18.2 Å². The summed E-state index contributed by atoms with van der Waals surface area (Å²) >= 11 is 0. The van der Waals surface area contributed by atoms with E-state index in [9.17, 15) is 14.7 Å². The molecule has 1 saturated carbocycles. The number of rotatable bonds is 2. The summed E-state index contributed by atoms with van der Waals surface area (Å²) in [4.78, 5) is 26.0. The summed E-state index contributed by atoms with van der Waals surface area (Å²) < 4.78 is 0. The molecule has 1 N–H and O–H groups in total. The van der Waals surface area contributed by atoms with E-state index >= 15 is 0 Å². The number of carboxylic acid groups (broad SMARTS) is 1. The number of carbonyl (C=O) groups is 2. The van der Waals surface area contributed by atoms with Gasteiger partial charge in [0.1, 0.15) is 0 Å². The fraction of sp³-hybridized carbons (Fsp3) is 0.529. The van der Waals surface area contributed by atoms with E-state index in [1.165, 1.54) is 0 Å². The van der Waals surface area contributed by atoms with Crippen molar-refractivity contribution in [1.29, 1.82) is 0 Å². The Balaban J connectivity index is 1.92. The van der Waals surface area contributed by atoms with E-state index in [1.54, 1.807) is 4.90 Å². The zero-order valence-electron chi connectivity index (χ0n) is 12.3. The minimum absolute atomic E-state index is 0.0469. The third-order valence-electron chi connectivity index (χ3n) is 4.95. The highest BCUT2D eigenvalue weighted by atomic mass is 16.4. The van der Waals surface area contributed by atoms with Crippen LogP contribution >= 0.6 is 0 Å². The Labute approximate surface area is 124 Å². The molecule has 3 atom stereocenters. The van der Waals surface area contributed by atoms with Crippen LogP contribution in [0.1, 0.15) is 31.7 Å². The highest BCUT2D eigenvalue weighted by Gasteiger charge is 2.38. The lowest BCUT2D eigenvalue weighted by Gasteiger charge is -2.35. The molecule has 1 heterocycles. The summed E-state index contributed by atoms with van der Waals surface area (Å²) in [6.45, 7) is 2.43. The Kier molecular flexibility index (Phi) is 3.70. The van der Waals surface area contributed by atoms with Crippen LogP contribution in [0, 0.1) is 17.8 Å². The molecule has 2 aliphatic rings. The van der Waals surface area contributed by atoms with Crippen LogP contribution in [0.2, 0.25) is 0 Å². The number of amides is 1. The van der Waals surface area contributed by atoms with Gasteiger partial charge in [0.2, 0.25) is 5.91 Å². The van der Waals surface area contributed by atoms with Crippen LogP contribution in [0.5, 0.6) is 0 Å². The SMILES string of the molecule is CC1CCCC1C(=O)N1CC(C(=O)O)Cc2ccccc21. The first kappa shape index (κ1) is 14.1. The van der Waals surface area contributed by atoms with Gasteiger partial charge in [-0.05, 0) is 36.8 Å². The van der Waals surface area contributed by atoms with Gasteiger partial charge >= 0.3 is 5.97 Å². The topological polar surface area (TPSA) is 57.6 Å². The number of hydrogen-bond donors (Lipinski definition) is 1. The predicted molar refractivity (Wildman–Crippen MR) is 80.1 cm³/mol. The van der Waals surface area contributed by atoms with Crippen molar-refractivity contribution in [2.24, 2.45) is 17.8 Å². The number of anilines is 1. The van der Waals surface area contributed by atoms with Gasteiger partial charge in [0.05, 0.1) is 5.92 Å². The van der Waals surface area contributed by atoms with E-state index < -0.39 is 11.9 Å². The van der Waals surface area contributed by atoms with E-state index in [0.717, 1.165) is 30.5 Å². The zero-order chi connectivity index (χ0) is 15.0. The molecular formula is C17H21NO3. The van der Waals surface area contributed by atoms with E-state index in [1.807, 2.05) is 24.3 Å². The maximum Gasteiger partial charge on any atom is 0.308 e. The first-order valence-electron chi connectivity index (χ1n) is 7.70. The monoisotopic (exact) mass is 287 g/mol. The molecule has 1 aromatic rings. The highest BCUT2D eigenvalue weighted by Crippen LogP contribution is 2.37. The smallest absolute Gasteiger partial charge is 0.308 e. The van der Waals surface area contributed by atoms with Crippen LogP contribution in [-0.4, -0.2) is 23.5 Å². The number of nitrogens with zero attached hydrogens (tertiary/aromatic N) is 1. The number of hydrogen-bond acceptors (Lipinski definition) is 2. The molecule has 1 fully saturated rings. The van der Waals surface area contributed by atoms with Gasteiger partial charge in [-0.1, -0.05) is 31.5 Å². The highest BCUT2D eigenvalue weighted by molar-refractivity contribution is 5.97. The fourth-order valence-corrected chi connectivity index (χ4v) is 3.68. The van der Waals surface area contributed by atoms with Crippen LogP contribution in [0.3, 0.4) is 0 Å². The molecule has 21 heavy (non-hydrogen) atoms. The predicted octanol–water partition coefficient (Wildman–Crippen LogP) is 2.71. The molecule has 0 aromatic heterocycles. The molecule has 1 aliphatic heterocycles. The maximum atomic E-state index is 12.9. The number of aliphatic carboxylic acids is 1. The second kappa shape index (κ2) is 5.51. The lowest BCUT2D eigenvalue weighted by Crippen LogP contribution is -2.45. The Morgan fingerprint density at radius 2 is 2.00 bits per heavy atom.